The van der Waals surface area contributed by atoms with Crippen LogP contribution in [-0.4, -0.2) is 78.2 Å². The van der Waals surface area contributed by atoms with Crippen molar-refractivity contribution in [2.45, 2.75) is 39.7 Å². The van der Waals surface area contributed by atoms with Crippen LogP contribution in [0.15, 0.2) is 66.7 Å². The van der Waals surface area contributed by atoms with E-state index in [9.17, 15) is 9.59 Å². The fourth-order valence-electron chi connectivity index (χ4n) is 5.20. The lowest BCUT2D eigenvalue weighted by Crippen LogP contribution is -2.48. The molecule has 0 radical (unpaired) electrons. The fraction of sp³-hybridized carbons (Fsp3) is 0.382. The number of anilines is 2. The van der Waals surface area contributed by atoms with Crippen molar-refractivity contribution in [3.8, 4) is 17.1 Å². The predicted molar refractivity (Wildman–Crippen MR) is 176 cm³/mol. The molecule has 0 aliphatic carbocycles. The third-order valence-electron chi connectivity index (χ3n) is 7.55. The number of rotatable bonds is 10. The van der Waals surface area contributed by atoms with Gasteiger partial charge in [0.1, 0.15) is 23.7 Å². The first-order valence-corrected chi connectivity index (χ1v) is 15.3. The number of H-pyrrole nitrogens is 1. The van der Waals surface area contributed by atoms with E-state index in [4.69, 9.17) is 9.72 Å². The van der Waals surface area contributed by atoms with Gasteiger partial charge in [-0.15, -0.1) is 0 Å². The number of nitrogens with zero attached hydrogens (tertiary/aromatic N) is 3. The van der Waals surface area contributed by atoms with Crippen LogP contribution in [0, 0.1) is 0 Å². The quantitative estimate of drug-likeness (QED) is 0.204. The molecule has 4 aromatic rings. The summed E-state index contributed by atoms with van der Waals surface area (Å²) in [6.07, 6.45) is 1.03. The maximum Gasteiger partial charge on any atom is 0.315 e. The molecule has 232 valence electrons. The number of imidazole rings is 1. The molecule has 1 aliphatic heterocycles. The predicted octanol–water partition coefficient (Wildman–Crippen LogP) is 5.03. The standard InChI is InChI=1S/C34H43N7O3/c1-5-24-9-11-25(12-10-24)32-37-28-7-6-8-29(31(28)38-32)41-19-17-40(18-20-41)21-22-44-27-15-13-26(14-16-27)36-30(42)23-35-33(43)39-34(2,3)4/h6-16H,5,17-23H2,1-4H3,(H,36,42)(H,37,38)(H2,35,39,43). The lowest BCUT2D eigenvalue weighted by molar-refractivity contribution is -0.115. The highest BCUT2D eigenvalue weighted by Gasteiger charge is 2.20. The third-order valence-corrected chi connectivity index (χ3v) is 7.55. The normalized spacial score (nSPS) is 14.0. The van der Waals surface area contributed by atoms with Gasteiger partial charge >= 0.3 is 6.03 Å². The zero-order chi connectivity index (χ0) is 31.1. The summed E-state index contributed by atoms with van der Waals surface area (Å²) in [6.45, 7) is 12.8. The molecule has 4 N–H and O–H groups in total. The summed E-state index contributed by atoms with van der Waals surface area (Å²) in [4.78, 5) is 37.3. The number of piperazine rings is 1. The number of benzene rings is 3. The van der Waals surface area contributed by atoms with Crippen molar-refractivity contribution in [2.75, 3.05) is 56.1 Å². The number of hydrogen-bond acceptors (Lipinski definition) is 6. The first-order chi connectivity index (χ1) is 21.2. The number of carbonyl (C=O) groups is 2. The molecule has 44 heavy (non-hydrogen) atoms. The maximum atomic E-state index is 12.2. The van der Waals surface area contributed by atoms with Gasteiger partial charge < -0.3 is 30.6 Å². The van der Waals surface area contributed by atoms with Gasteiger partial charge in [-0.05, 0) is 69.2 Å². The molecular weight excluding hydrogens is 554 g/mol. The molecule has 0 spiro atoms. The molecule has 5 rings (SSSR count). The Hall–Kier alpha value is -4.57. The Labute approximate surface area is 259 Å². The number of aromatic nitrogens is 2. The highest BCUT2D eigenvalue weighted by Crippen LogP contribution is 2.29. The number of para-hydroxylation sites is 1. The van der Waals surface area contributed by atoms with E-state index in [2.05, 4.69) is 80.1 Å². The van der Waals surface area contributed by atoms with E-state index < -0.39 is 0 Å². The monoisotopic (exact) mass is 597 g/mol. The van der Waals surface area contributed by atoms with Gasteiger partial charge in [0, 0.05) is 49.5 Å². The number of fused-ring (bicyclic) bond motifs is 1. The van der Waals surface area contributed by atoms with Crippen LogP contribution in [0.4, 0.5) is 16.2 Å². The average molecular weight is 598 g/mol. The number of nitrogens with one attached hydrogen (secondary N) is 4. The molecule has 0 bridgehead atoms. The van der Waals surface area contributed by atoms with Crippen molar-refractivity contribution >= 4 is 34.3 Å². The van der Waals surface area contributed by atoms with Crippen LogP contribution in [0.3, 0.4) is 0 Å². The van der Waals surface area contributed by atoms with Gasteiger partial charge in [0.15, 0.2) is 0 Å². The minimum absolute atomic E-state index is 0.112. The number of carbonyl (C=O) groups excluding carboxylic acids is 2. The van der Waals surface area contributed by atoms with Crippen LogP contribution in [-0.2, 0) is 11.2 Å². The van der Waals surface area contributed by atoms with Gasteiger partial charge in [-0.3, -0.25) is 9.69 Å². The van der Waals surface area contributed by atoms with Crippen LogP contribution in [0.25, 0.3) is 22.4 Å². The van der Waals surface area contributed by atoms with Crippen LogP contribution in [0.5, 0.6) is 5.75 Å². The molecule has 2 heterocycles. The zero-order valence-corrected chi connectivity index (χ0v) is 26.1. The molecule has 1 fully saturated rings. The van der Waals surface area contributed by atoms with E-state index >= 15 is 0 Å². The molecule has 10 nitrogen and oxygen atoms in total. The summed E-state index contributed by atoms with van der Waals surface area (Å²) >= 11 is 0. The number of ether oxygens (including phenoxy) is 1. The topological polar surface area (TPSA) is 115 Å². The number of aryl methyl sites for hydroxylation is 1. The van der Waals surface area contributed by atoms with Gasteiger partial charge in [-0.1, -0.05) is 37.3 Å². The average Bonchev–Trinajstić information content (AvgIpc) is 3.45. The zero-order valence-electron chi connectivity index (χ0n) is 26.1. The highest BCUT2D eigenvalue weighted by atomic mass is 16.5. The Balaban J connectivity index is 1.05. The summed E-state index contributed by atoms with van der Waals surface area (Å²) in [5.41, 5.74) is 5.93. The molecule has 0 atom stereocenters. The Kier molecular flexibility index (Phi) is 9.69. The van der Waals surface area contributed by atoms with Crippen LogP contribution in [0.2, 0.25) is 0 Å². The molecule has 10 heteroatoms. The van der Waals surface area contributed by atoms with E-state index in [0.717, 1.165) is 67.3 Å². The molecule has 1 aliphatic rings. The Morgan fingerprint density at radius 3 is 2.36 bits per heavy atom. The summed E-state index contributed by atoms with van der Waals surface area (Å²) < 4.78 is 5.98. The van der Waals surface area contributed by atoms with Gasteiger partial charge in [-0.2, -0.15) is 0 Å². The lowest BCUT2D eigenvalue weighted by Gasteiger charge is -2.36. The van der Waals surface area contributed by atoms with E-state index in [-0.39, 0.29) is 24.0 Å². The summed E-state index contributed by atoms with van der Waals surface area (Å²) in [5.74, 6) is 1.35. The van der Waals surface area contributed by atoms with Crippen molar-refractivity contribution in [1.82, 2.24) is 25.5 Å². The number of aromatic amines is 1. The van der Waals surface area contributed by atoms with E-state index in [1.165, 1.54) is 11.3 Å². The minimum Gasteiger partial charge on any atom is -0.492 e. The first-order valence-electron chi connectivity index (χ1n) is 15.3. The van der Waals surface area contributed by atoms with Gasteiger partial charge in [0.25, 0.3) is 0 Å². The smallest absolute Gasteiger partial charge is 0.315 e. The van der Waals surface area contributed by atoms with Crippen LogP contribution < -0.4 is 25.6 Å². The fourth-order valence-corrected chi connectivity index (χ4v) is 5.20. The molecular formula is C34H43N7O3. The van der Waals surface area contributed by atoms with Crippen molar-refractivity contribution < 1.29 is 14.3 Å². The Morgan fingerprint density at radius 2 is 1.68 bits per heavy atom. The molecule has 0 unspecified atom stereocenters. The molecule has 3 aromatic carbocycles. The summed E-state index contributed by atoms with van der Waals surface area (Å²) in [5, 5.41) is 8.10. The molecule has 0 saturated carbocycles. The second-order valence-electron chi connectivity index (χ2n) is 12.1. The highest BCUT2D eigenvalue weighted by molar-refractivity contribution is 5.94. The van der Waals surface area contributed by atoms with Crippen molar-refractivity contribution in [3.63, 3.8) is 0 Å². The van der Waals surface area contributed by atoms with Gasteiger partial charge in [-0.25, -0.2) is 9.78 Å². The van der Waals surface area contributed by atoms with Crippen molar-refractivity contribution in [1.29, 1.82) is 0 Å². The van der Waals surface area contributed by atoms with E-state index in [1.54, 1.807) is 12.1 Å². The van der Waals surface area contributed by atoms with Crippen LogP contribution >= 0.6 is 0 Å². The third kappa shape index (κ3) is 8.29. The van der Waals surface area contributed by atoms with Crippen molar-refractivity contribution in [2.24, 2.45) is 0 Å². The Morgan fingerprint density at radius 1 is 0.955 bits per heavy atom. The summed E-state index contributed by atoms with van der Waals surface area (Å²) in [7, 11) is 0. The SMILES string of the molecule is CCc1ccc(-c2nc3c(N4CCN(CCOc5ccc(NC(=O)CNC(=O)NC(C)(C)C)cc5)CC4)cccc3[nH]2)cc1. The largest absolute Gasteiger partial charge is 0.492 e. The van der Waals surface area contributed by atoms with Gasteiger partial charge in [0.05, 0.1) is 17.7 Å². The number of urea groups is 1. The van der Waals surface area contributed by atoms with Gasteiger partial charge in [0.2, 0.25) is 5.91 Å². The second kappa shape index (κ2) is 13.8. The molecule has 1 aromatic heterocycles. The second-order valence-corrected chi connectivity index (χ2v) is 12.1. The lowest BCUT2D eigenvalue weighted by atomic mass is 10.1. The minimum atomic E-state index is -0.379. The number of hydrogen-bond donors (Lipinski definition) is 4. The first kappa shape index (κ1) is 30.9. The number of amides is 3. The molecule has 3 amide bonds. The van der Waals surface area contributed by atoms with E-state index in [0.29, 0.717) is 12.3 Å². The van der Waals surface area contributed by atoms with Crippen molar-refractivity contribution in [3.05, 3.63) is 72.3 Å². The maximum absolute atomic E-state index is 12.2. The molecule has 1 saturated heterocycles. The summed E-state index contributed by atoms with van der Waals surface area (Å²) in [6, 6.07) is 21.9. The van der Waals surface area contributed by atoms with Crippen LogP contribution in [0.1, 0.15) is 33.3 Å². The van der Waals surface area contributed by atoms with E-state index in [1.807, 2.05) is 32.9 Å². The Bertz CT molecular complexity index is 1550.